The van der Waals surface area contributed by atoms with Crippen molar-refractivity contribution < 1.29 is 0 Å². The Morgan fingerprint density at radius 1 is 1.47 bits per heavy atom. The first-order valence-electron chi connectivity index (χ1n) is 5.78. The topological polar surface area (TPSA) is 12.0 Å². The Labute approximate surface area is 96.8 Å². The average Bonchev–Trinajstić information content (AvgIpc) is 3.03. The van der Waals surface area contributed by atoms with Crippen LogP contribution in [0.4, 0.5) is 0 Å². The van der Waals surface area contributed by atoms with E-state index in [1.165, 1.54) is 18.4 Å². The van der Waals surface area contributed by atoms with Crippen LogP contribution in [0.5, 0.6) is 0 Å². The van der Waals surface area contributed by atoms with Crippen molar-refractivity contribution in [3.63, 3.8) is 0 Å². The minimum Gasteiger partial charge on any atom is -0.310 e. The second kappa shape index (κ2) is 5.00. The van der Waals surface area contributed by atoms with Gasteiger partial charge in [-0.25, -0.2) is 0 Å². The summed E-state index contributed by atoms with van der Waals surface area (Å²) in [5.41, 5.74) is 1.31. The first kappa shape index (κ1) is 11.0. The number of nitrogens with one attached hydrogen (secondary N) is 1. The standard InChI is InChI=1S/C13H18ClN/c1-2-13(15-9-10-6-7-10)11-4-3-5-12(14)8-11/h3-5,8,10,13,15H,2,6-7,9H2,1H3. The van der Waals surface area contributed by atoms with Crippen molar-refractivity contribution in [3.8, 4) is 0 Å². The molecule has 1 nitrogen and oxygen atoms in total. The van der Waals surface area contributed by atoms with Gasteiger partial charge in [-0.05, 0) is 49.4 Å². The lowest BCUT2D eigenvalue weighted by atomic mass is 10.0. The Morgan fingerprint density at radius 3 is 2.87 bits per heavy atom. The summed E-state index contributed by atoms with van der Waals surface area (Å²) in [6.07, 6.45) is 3.92. The summed E-state index contributed by atoms with van der Waals surface area (Å²) in [6, 6.07) is 8.64. The fourth-order valence-corrected chi connectivity index (χ4v) is 2.05. The van der Waals surface area contributed by atoms with E-state index < -0.39 is 0 Å². The molecule has 1 aromatic rings. The number of halogens is 1. The summed E-state index contributed by atoms with van der Waals surface area (Å²) in [5, 5.41) is 4.45. The maximum absolute atomic E-state index is 5.99. The molecule has 0 aromatic heterocycles. The van der Waals surface area contributed by atoms with E-state index in [4.69, 9.17) is 11.6 Å². The largest absolute Gasteiger partial charge is 0.310 e. The molecule has 0 heterocycles. The highest BCUT2D eigenvalue weighted by Gasteiger charge is 2.22. The molecule has 0 spiro atoms. The number of rotatable bonds is 5. The quantitative estimate of drug-likeness (QED) is 0.801. The Bertz CT molecular complexity index is 320. The average molecular weight is 224 g/mol. The summed E-state index contributed by atoms with van der Waals surface area (Å²) < 4.78 is 0. The maximum atomic E-state index is 5.99. The molecule has 1 aliphatic carbocycles. The van der Waals surface area contributed by atoms with E-state index in [9.17, 15) is 0 Å². The van der Waals surface area contributed by atoms with E-state index in [0.29, 0.717) is 6.04 Å². The SMILES string of the molecule is CCC(NCC1CC1)c1cccc(Cl)c1. The lowest BCUT2D eigenvalue weighted by Crippen LogP contribution is -2.22. The van der Waals surface area contributed by atoms with Gasteiger partial charge in [0.25, 0.3) is 0 Å². The van der Waals surface area contributed by atoms with Crippen LogP contribution in [0.2, 0.25) is 5.02 Å². The van der Waals surface area contributed by atoms with Crippen molar-refractivity contribution in [2.24, 2.45) is 5.92 Å². The van der Waals surface area contributed by atoms with Crippen LogP contribution < -0.4 is 5.32 Å². The molecule has 0 radical (unpaired) electrons. The third-order valence-corrected chi connectivity index (χ3v) is 3.24. The molecule has 0 bridgehead atoms. The zero-order chi connectivity index (χ0) is 10.7. The number of hydrogen-bond donors (Lipinski definition) is 1. The summed E-state index contributed by atoms with van der Waals surface area (Å²) in [7, 11) is 0. The molecule has 1 saturated carbocycles. The molecule has 0 saturated heterocycles. The van der Waals surface area contributed by atoms with Gasteiger partial charge < -0.3 is 5.32 Å². The van der Waals surface area contributed by atoms with Crippen molar-refractivity contribution in [1.82, 2.24) is 5.32 Å². The smallest absolute Gasteiger partial charge is 0.0409 e. The van der Waals surface area contributed by atoms with E-state index in [2.05, 4.69) is 24.4 Å². The minimum atomic E-state index is 0.462. The monoisotopic (exact) mass is 223 g/mol. The Kier molecular flexibility index (Phi) is 3.66. The normalized spacial score (nSPS) is 17.7. The second-order valence-electron chi connectivity index (χ2n) is 4.37. The highest BCUT2D eigenvalue weighted by molar-refractivity contribution is 6.30. The molecule has 2 rings (SSSR count). The lowest BCUT2D eigenvalue weighted by molar-refractivity contribution is 0.502. The van der Waals surface area contributed by atoms with Gasteiger partial charge in [-0.3, -0.25) is 0 Å². The van der Waals surface area contributed by atoms with Crippen molar-refractivity contribution in [2.45, 2.75) is 32.2 Å². The predicted molar refractivity (Wildman–Crippen MR) is 65.2 cm³/mol. The van der Waals surface area contributed by atoms with Crippen LogP contribution in [0.15, 0.2) is 24.3 Å². The van der Waals surface area contributed by atoms with E-state index in [1.54, 1.807) is 0 Å². The van der Waals surface area contributed by atoms with Crippen molar-refractivity contribution >= 4 is 11.6 Å². The zero-order valence-electron chi connectivity index (χ0n) is 9.17. The Balaban J connectivity index is 1.97. The summed E-state index contributed by atoms with van der Waals surface area (Å²) in [4.78, 5) is 0. The zero-order valence-corrected chi connectivity index (χ0v) is 9.93. The maximum Gasteiger partial charge on any atom is 0.0409 e. The van der Waals surface area contributed by atoms with Crippen LogP contribution in [-0.2, 0) is 0 Å². The molecular weight excluding hydrogens is 206 g/mol. The first-order chi connectivity index (χ1) is 7.29. The Hall–Kier alpha value is -0.530. The van der Waals surface area contributed by atoms with Gasteiger partial charge in [0.1, 0.15) is 0 Å². The van der Waals surface area contributed by atoms with Crippen LogP contribution in [0.25, 0.3) is 0 Å². The molecule has 2 heteroatoms. The highest BCUT2D eigenvalue weighted by Crippen LogP contribution is 2.29. The molecule has 15 heavy (non-hydrogen) atoms. The van der Waals surface area contributed by atoms with Gasteiger partial charge in [0.05, 0.1) is 0 Å². The van der Waals surface area contributed by atoms with Gasteiger partial charge in [0.2, 0.25) is 0 Å². The molecule has 1 fully saturated rings. The van der Waals surface area contributed by atoms with Crippen molar-refractivity contribution in [3.05, 3.63) is 34.9 Å². The van der Waals surface area contributed by atoms with E-state index in [-0.39, 0.29) is 0 Å². The van der Waals surface area contributed by atoms with Crippen LogP contribution in [-0.4, -0.2) is 6.54 Å². The van der Waals surface area contributed by atoms with Crippen LogP contribution in [0.1, 0.15) is 37.8 Å². The highest BCUT2D eigenvalue weighted by atomic mass is 35.5. The van der Waals surface area contributed by atoms with Gasteiger partial charge in [-0.15, -0.1) is 0 Å². The minimum absolute atomic E-state index is 0.462. The first-order valence-corrected chi connectivity index (χ1v) is 6.16. The predicted octanol–water partition coefficient (Wildman–Crippen LogP) is 3.79. The van der Waals surface area contributed by atoms with Gasteiger partial charge in [0, 0.05) is 11.1 Å². The van der Waals surface area contributed by atoms with Gasteiger partial charge in [0.15, 0.2) is 0 Å². The fraction of sp³-hybridized carbons (Fsp3) is 0.538. The third-order valence-electron chi connectivity index (χ3n) is 3.01. The van der Waals surface area contributed by atoms with Crippen molar-refractivity contribution in [2.75, 3.05) is 6.54 Å². The second-order valence-corrected chi connectivity index (χ2v) is 4.80. The number of benzene rings is 1. The fourth-order valence-electron chi connectivity index (χ4n) is 1.85. The van der Waals surface area contributed by atoms with Crippen molar-refractivity contribution in [1.29, 1.82) is 0 Å². The molecule has 82 valence electrons. The summed E-state index contributed by atoms with van der Waals surface area (Å²) in [6.45, 7) is 3.37. The third kappa shape index (κ3) is 3.22. The molecule has 1 aliphatic rings. The van der Waals surface area contributed by atoms with Crippen LogP contribution in [0, 0.1) is 5.92 Å². The van der Waals surface area contributed by atoms with E-state index in [1.807, 2.05) is 12.1 Å². The molecule has 0 aliphatic heterocycles. The molecule has 1 unspecified atom stereocenters. The molecular formula is C13H18ClN. The van der Waals surface area contributed by atoms with E-state index >= 15 is 0 Å². The van der Waals surface area contributed by atoms with Crippen LogP contribution in [0.3, 0.4) is 0 Å². The summed E-state index contributed by atoms with van der Waals surface area (Å²) >= 11 is 5.99. The van der Waals surface area contributed by atoms with Crippen LogP contribution >= 0.6 is 11.6 Å². The molecule has 1 N–H and O–H groups in total. The summed E-state index contributed by atoms with van der Waals surface area (Å²) in [5.74, 6) is 0.929. The molecule has 1 aromatic carbocycles. The number of hydrogen-bond acceptors (Lipinski definition) is 1. The lowest BCUT2D eigenvalue weighted by Gasteiger charge is -2.17. The van der Waals surface area contributed by atoms with Gasteiger partial charge in [-0.1, -0.05) is 30.7 Å². The molecule has 1 atom stereocenters. The van der Waals surface area contributed by atoms with E-state index in [0.717, 1.165) is 23.9 Å². The molecule has 0 amide bonds. The Morgan fingerprint density at radius 2 is 2.27 bits per heavy atom. The van der Waals surface area contributed by atoms with Gasteiger partial charge in [-0.2, -0.15) is 0 Å². The van der Waals surface area contributed by atoms with Gasteiger partial charge >= 0.3 is 0 Å².